The number of H-pyrrole nitrogens is 1. The summed E-state index contributed by atoms with van der Waals surface area (Å²) in [7, 11) is 0. The first-order valence-electron chi connectivity index (χ1n) is 2.87. The van der Waals surface area contributed by atoms with E-state index in [4.69, 9.17) is 17.3 Å². The van der Waals surface area contributed by atoms with E-state index in [9.17, 15) is 0 Å². The third-order valence-electron chi connectivity index (χ3n) is 1.08. The van der Waals surface area contributed by atoms with E-state index in [2.05, 4.69) is 21.8 Å². The summed E-state index contributed by atoms with van der Waals surface area (Å²) in [5.74, 6) is 0. The Morgan fingerprint density at radius 3 is 3.09 bits per heavy atom. The highest BCUT2D eigenvalue weighted by atomic mass is 35.5. The highest BCUT2D eigenvalue weighted by Gasteiger charge is 1.82. The van der Waals surface area contributed by atoms with E-state index in [0.717, 1.165) is 5.22 Å². The molecule has 5 heteroatoms. The first-order valence-corrected chi connectivity index (χ1v) is 3.25. The lowest BCUT2D eigenvalue weighted by atomic mass is 10.5. The molecule has 1 aromatic heterocycles. The number of aliphatic imine (C=N–C) groups is 1. The summed E-state index contributed by atoms with van der Waals surface area (Å²) >= 11 is 5.29. The fourth-order valence-electron chi connectivity index (χ4n) is 0.565. The van der Waals surface area contributed by atoms with Gasteiger partial charge in [-0.2, -0.15) is 5.10 Å². The summed E-state index contributed by atoms with van der Waals surface area (Å²) < 4.78 is 0. The van der Waals surface area contributed by atoms with Crippen molar-refractivity contribution in [1.82, 2.24) is 10.2 Å². The summed E-state index contributed by atoms with van der Waals surface area (Å²) in [5, 5.41) is 7.82. The van der Waals surface area contributed by atoms with Crippen molar-refractivity contribution >= 4 is 29.7 Å². The molecule has 0 saturated carbocycles. The number of nitrogens with two attached hydrogens (primary N) is 1. The van der Waals surface area contributed by atoms with Crippen LogP contribution in [0.2, 0.25) is 0 Å². The zero-order valence-electron chi connectivity index (χ0n) is 5.71. The number of nitrogens with zero attached hydrogens (tertiary/aromatic N) is 2. The zero-order chi connectivity index (χ0) is 8.27. The van der Waals surface area contributed by atoms with Crippen molar-refractivity contribution in [3.63, 3.8) is 0 Å². The van der Waals surface area contributed by atoms with E-state index in [1.54, 1.807) is 6.20 Å². The highest BCUT2D eigenvalue weighted by Crippen LogP contribution is 1.75. The molecule has 0 amide bonds. The molecule has 3 N–H and O–H groups in total. The van der Waals surface area contributed by atoms with Gasteiger partial charge >= 0.3 is 0 Å². The number of hydrogen-bond acceptors (Lipinski definition) is 2. The minimum atomic E-state index is -0.00870. The Morgan fingerprint density at radius 1 is 1.91 bits per heavy atom. The minimum Gasteiger partial charge on any atom is -0.374 e. The summed E-state index contributed by atoms with van der Waals surface area (Å²) in [5.41, 5.74) is 5.09. The first-order chi connectivity index (χ1) is 5.20. The summed E-state index contributed by atoms with van der Waals surface area (Å²) in [6, 6.07) is 0. The van der Waals surface area contributed by atoms with Crippen LogP contribution in [0.1, 0.15) is 0 Å². The molecule has 0 fully saturated rings. The van der Waals surface area contributed by atoms with Crippen LogP contribution in [0.15, 0.2) is 11.2 Å². The lowest BCUT2D eigenvalue weighted by Crippen LogP contribution is -2.19. The van der Waals surface area contributed by atoms with Crippen LogP contribution in [0.4, 0.5) is 0 Å². The summed E-state index contributed by atoms with van der Waals surface area (Å²) in [6.45, 7) is 3.66. The van der Waals surface area contributed by atoms with Crippen molar-refractivity contribution < 1.29 is 0 Å². The molecular weight excluding hydrogens is 164 g/mol. The van der Waals surface area contributed by atoms with Gasteiger partial charge in [-0.25, -0.2) is 4.99 Å². The van der Waals surface area contributed by atoms with Gasteiger partial charge in [0.25, 0.3) is 0 Å². The number of rotatable bonds is 1. The van der Waals surface area contributed by atoms with E-state index >= 15 is 0 Å². The van der Waals surface area contributed by atoms with Gasteiger partial charge in [0, 0.05) is 11.4 Å². The van der Waals surface area contributed by atoms with Gasteiger partial charge in [0.1, 0.15) is 0 Å². The molecule has 11 heavy (non-hydrogen) atoms. The lowest BCUT2D eigenvalue weighted by molar-refractivity contribution is 1.06. The van der Waals surface area contributed by atoms with Gasteiger partial charge in [-0.1, -0.05) is 6.58 Å². The number of halogens is 1. The molecule has 0 bridgehead atoms. The van der Waals surface area contributed by atoms with Crippen LogP contribution < -0.4 is 16.3 Å². The molecule has 0 aromatic carbocycles. The molecule has 0 aliphatic rings. The largest absolute Gasteiger partial charge is 0.374 e. The smallest absolute Gasteiger partial charge is 0.193 e. The molecule has 4 nitrogen and oxygen atoms in total. The van der Waals surface area contributed by atoms with Gasteiger partial charge in [0.2, 0.25) is 0 Å². The van der Waals surface area contributed by atoms with Crippen LogP contribution in [0, 0.1) is 0 Å². The van der Waals surface area contributed by atoms with Crippen LogP contribution in [0.5, 0.6) is 0 Å². The first kappa shape index (κ1) is 7.81. The molecule has 1 rings (SSSR count). The predicted molar refractivity (Wildman–Crippen MR) is 45.3 cm³/mol. The summed E-state index contributed by atoms with van der Waals surface area (Å²) in [4.78, 5) is 3.66. The molecule has 1 heterocycles. The van der Waals surface area contributed by atoms with Gasteiger partial charge in [-0.15, -0.1) is 0 Å². The Morgan fingerprint density at radius 2 is 2.64 bits per heavy atom. The van der Waals surface area contributed by atoms with Gasteiger partial charge in [0.05, 0.1) is 11.5 Å². The van der Waals surface area contributed by atoms with Crippen molar-refractivity contribution in [2.45, 2.75) is 0 Å². The number of aromatic nitrogens is 2. The molecule has 0 aliphatic heterocycles. The quantitative estimate of drug-likeness (QED) is 0.326. The average molecular weight is 171 g/mol. The molecular formula is C6H7ClN4. The van der Waals surface area contributed by atoms with Gasteiger partial charge in [-0.05, 0) is 11.6 Å². The van der Waals surface area contributed by atoms with Crippen LogP contribution >= 0.6 is 11.6 Å². The zero-order valence-corrected chi connectivity index (χ0v) is 6.47. The van der Waals surface area contributed by atoms with E-state index in [-0.39, 0.29) is 5.29 Å². The Labute approximate surface area is 68.1 Å². The average Bonchev–Trinajstić information content (AvgIpc) is 2.31. The van der Waals surface area contributed by atoms with Crippen molar-refractivity contribution in [2.24, 2.45) is 10.7 Å². The Kier molecular flexibility index (Phi) is 2.28. The van der Waals surface area contributed by atoms with Gasteiger partial charge < -0.3 is 5.73 Å². The van der Waals surface area contributed by atoms with E-state index in [1.165, 1.54) is 6.20 Å². The van der Waals surface area contributed by atoms with Crippen LogP contribution in [-0.4, -0.2) is 15.5 Å². The maximum absolute atomic E-state index is 5.29. The number of aromatic amines is 1. The van der Waals surface area contributed by atoms with Crippen LogP contribution in [0.25, 0.3) is 12.8 Å². The molecule has 0 aliphatic carbocycles. The second-order valence-electron chi connectivity index (χ2n) is 1.88. The van der Waals surface area contributed by atoms with E-state index in [0.29, 0.717) is 5.35 Å². The fourth-order valence-corrected chi connectivity index (χ4v) is 0.613. The molecule has 0 atom stereocenters. The minimum absolute atomic E-state index is 0.00870. The van der Waals surface area contributed by atoms with Crippen molar-refractivity contribution in [3.05, 3.63) is 16.8 Å². The van der Waals surface area contributed by atoms with Crippen LogP contribution in [0.3, 0.4) is 0 Å². The number of hydrogen-bond donors (Lipinski definition) is 2. The highest BCUT2D eigenvalue weighted by molar-refractivity contribution is 6.64. The van der Waals surface area contributed by atoms with Crippen molar-refractivity contribution in [3.8, 4) is 0 Å². The normalized spacial score (nSPS) is 13.9. The number of amidine groups is 1. The SMILES string of the molecule is C=c1[nH]nc/c1=C/N=C(N)Cl. The molecule has 1 aromatic rings. The van der Waals surface area contributed by atoms with Gasteiger partial charge in [0.15, 0.2) is 5.29 Å². The monoisotopic (exact) mass is 170 g/mol. The van der Waals surface area contributed by atoms with Gasteiger partial charge in [-0.3, -0.25) is 5.10 Å². The Bertz CT molecular complexity index is 360. The second kappa shape index (κ2) is 3.21. The topological polar surface area (TPSA) is 67.1 Å². The van der Waals surface area contributed by atoms with Crippen molar-refractivity contribution in [2.75, 3.05) is 0 Å². The molecule has 0 unspecified atom stereocenters. The maximum Gasteiger partial charge on any atom is 0.193 e. The molecule has 58 valence electrons. The lowest BCUT2D eigenvalue weighted by Gasteiger charge is -1.78. The number of nitrogens with one attached hydrogen (secondary N) is 1. The van der Waals surface area contributed by atoms with Crippen molar-refractivity contribution in [1.29, 1.82) is 0 Å². The third kappa shape index (κ3) is 2.09. The second-order valence-corrected chi connectivity index (χ2v) is 2.27. The summed E-state index contributed by atoms with van der Waals surface area (Å²) in [6.07, 6.45) is 3.08. The Hall–Kier alpha value is -1.29. The molecule has 0 spiro atoms. The molecule has 0 radical (unpaired) electrons. The maximum atomic E-state index is 5.29. The molecule has 0 saturated heterocycles. The third-order valence-corrected chi connectivity index (χ3v) is 1.18. The van der Waals surface area contributed by atoms with E-state index < -0.39 is 0 Å². The predicted octanol–water partition coefficient (Wildman–Crippen LogP) is -0.889. The fraction of sp³-hybridized carbons (Fsp3) is 0. The standard InChI is InChI=1S/C6H7ClN4/c1-4-5(3-10-11-4)2-9-6(7)8/h2-3,11H,1H2,(H2,8,9)/b5-2-. The van der Waals surface area contributed by atoms with Crippen LogP contribution in [-0.2, 0) is 0 Å². The Balaban J connectivity index is 3.11. The van der Waals surface area contributed by atoms with E-state index in [1.807, 2.05) is 0 Å².